The van der Waals surface area contributed by atoms with E-state index < -0.39 is 11.2 Å². The second-order valence-corrected chi connectivity index (χ2v) is 9.31. The molecule has 2 fully saturated rings. The Morgan fingerprint density at radius 3 is 2.64 bits per heavy atom. The third-order valence-corrected chi connectivity index (χ3v) is 5.66. The van der Waals surface area contributed by atoms with Gasteiger partial charge >= 0.3 is 5.97 Å². The molecule has 1 unspecified atom stereocenters. The van der Waals surface area contributed by atoms with Gasteiger partial charge in [0, 0.05) is 23.0 Å². The van der Waals surface area contributed by atoms with Crippen molar-refractivity contribution in [1.82, 2.24) is 5.32 Å². The highest BCUT2D eigenvalue weighted by molar-refractivity contribution is 9.10. The Bertz CT molecular complexity index is 634. The first-order valence-corrected chi connectivity index (χ1v) is 9.88. The lowest BCUT2D eigenvalue weighted by molar-refractivity contribution is -0.167. The molecule has 2 aliphatic rings. The summed E-state index contributed by atoms with van der Waals surface area (Å²) in [6.45, 7) is 6.33. The Kier molecular flexibility index (Phi) is 5.29. The predicted octanol–water partition coefficient (Wildman–Crippen LogP) is 4.31. The van der Waals surface area contributed by atoms with E-state index in [1.807, 2.05) is 32.9 Å². The average Bonchev–Trinajstić information content (AvgIpc) is 3.13. The number of benzene rings is 1. The van der Waals surface area contributed by atoms with Crippen LogP contribution in [0.2, 0.25) is 0 Å². The molecule has 25 heavy (non-hydrogen) atoms. The summed E-state index contributed by atoms with van der Waals surface area (Å²) >= 11 is 3.56. The molecule has 0 amide bonds. The maximum Gasteiger partial charge on any atom is 0.332 e. The second kappa shape index (κ2) is 7.01. The van der Waals surface area contributed by atoms with Gasteiger partial charge in [0.05, 0.1) is 0 Å². The van der Waals surface area contributed by atoms with Crippen molar-refractivity contribution >= 4 is 21.9 Å². The molecule has 1 heterocycles. The Hall–Kier alpha value is -0.910. The number of hydrogen-bond acceptors (Lipinski definition) is 4. The van der Waals surface area contributed by atoms with Crippen LogP contribution in [0.1, 0.15) is 58.4 Å². The van der Waals surface area contributed by atoms with Gasteiger partial charge in [0.1, 0.15) is 17.8 Å². The Balaban J connectivity index is 1.80. The molecule has 1 saturated heterocycles. The van der Waals surface area contributed by atoms with Gasteiger partial charge in [0.25, 0.3) is 0 Å². The summed E-state index contributed by atoms with van der Waals surface area (Å²) in [7, 11) is 0. The topological polar surface area (TPSA) is 47.6 Å². The van der Waals surface area contributed by atoms with Crippen molar-refractivity contribution in [3.05, 3.63) is 34.3 Å². The smallest absolute Gasteiger partial charge is 0.332 e. The van der Waals surface area contributed by atoms with Crippen LogP contribution in [0.3, 0.4) is 0 Å². The molecule has 0 aromatic heterocycles. The van der Waals surface area contributed by atoms with Crippen LogP contribution in [0.5, 0.6) is 0 Å². The summed E-state index contributed by atoms with van der Waals surface area (Å²) in [5.74, 6) is -0.311. The van der Waals surface area contributed by atoms with Crippen LogP contribution >= 0.6 is 15.9 Å². The number of halogens is 1. The number of ether oxygens (including phenoxy) is 2. The van der Waals surface area contributed by atoms with E-state index in [4.69, 9.17) is 9.47 Å². The molecule has 1 aromatic carbocycles. The second-order valence-electron chi connectivity index (χ2n) is 8.40. The fraction of sp³-hybridized carbons (Fsp3) is 0.650. The van der Waals surface area contributed by atoms with E-state index >= 15 is 0 Å². The quantitative estimate of drug-likeness (QED) is 0.752. The summed E-state index contributed by atoms with van der Waals surface area (Å²) < 4.78 is 12.7. The molecule has 1 aromatic rings. The first-order valence-electron chi connectivity index (χ1n) is 9.09. The number of esters is 1. The van der Waals surface area contributed by atoms with Crippen LogP contribution in [0, 0.1) is 0 Å². The van der Waals surface area contributed by atoms with Crippen LogP contribution < -0.4 is 5.32 Å². The summed E-state index contributed by atoms with van der Waals surface area (Å²) in [5, 5.41) is 3.72. The number of hydrogen-bond donors (Lipinski definition) is 1. The van der Waals surface area contributed by atoms with Crippen molar-refractivity contribution < 1.29 is 14.3 Å². The molecule has 1 saturated carbocycles. The number of carbonyl (C=O) groups is 1. The normalized spacial score (nSPS) is 25.4. The van der Waals surface area contributed by atoms with E-state index in [2.05, 4.69) is 33.4 Å². The SMILES string of the molecule is CC(C)(C)OC(=O)COC1(c2cccc(Br)c2)CNC2(CCCC2)C1. The average molecular weight is 410 g/mol. The zero-order valence-corrected chi connectivity index (χ0v) is 16.9. The fourth-order valence-corrected chi connectivity index (χ4v) is 4.54. The number of nitrogens with one attached hydrogen (secondary N) is 1. The molecule has 4 nitrogen and oxygen atoms in total. The zero-order valence-electron chi connectivity index (χ0n) is 15.4. The highest BCUT2D eigenvalue weighted by Crippen LogP contribution is 2.46. The van der Waals surface area contributed by atoms with Gasteiger partial charge in [-0.15, -0.1) is 0 Å². The molecule has 1 aliphatic carbocycles. The largest absolute Gasteiger partial charge is 0.458 e. The molecule has 5 heteroatoms. The third kappa shape index (κ3) is 4.44. The molecule has 138 valence electrons. The lowest BCUT2D eigenvalue weighted by atomic mass is 9.84. The summed E-state index contributed by atoms with van der Waals surface area (Å²) in [6, 6.07) is 8.23. The minimum atomic E-state index is -0.496. The number of rotatable bonds is 4. The van der Waals surface area contributed by atoms with Gasteiger partial charge in [-0.2, -0.15) is 0 Å². The van der Waals surface area contributed by atoms with Gasteiger partial charge in [0.15, 0.2) is 0 Å². The van der Waals surface area contributed by atoms with E-state index in [1.54, 1.807) is 0 Å². The van der Waals surface area contributed by atoms with Crippen molar-refractivity contribution in [2.24, 2.45) is 0 Å². The molecule has 1 N–H and O–H groups in total. The Morgan fingerprint density at radius 1 is 1.28 bits per heavy atom. The highest BCUT2D eigenvalue weighted by atomic mass is 79.9. The predicted molar refractivity (Wildman–Crippen MR) is 101 cm³/mol. The van der Waals surface area contributed by atoms with E-state index in [9.17, 15) is 4.79 Å². The number of carbonyl (C=O) groups excluding carboxylic acids is 1. The van der Waals surface area contributed by atoms with Gasteiger partial charge in [-0.05, 0) is 51.3 Å². The maximum absolute atomic E-state index is 12.2. The Morgan fingerprint density at radius 2 is 2.00 bits per heavy atom. The highest BCUT2D eigenvalue weighted by Gasteiger charge is 2.51. The van der Waals surface area contributed by atoms with Crippen molar-refractivity contribution in [3.8, 4) is 0 Å². The van der Waals surface area contributed by atoms with Crippen molar-refractivity contribution in [2.75, 3.05) is 13.2 Å². The van der Waals surface area contributed by atoms with Crippen LogP contribution in [0.15, 0.2) is 28.7 Å². The van der Waals surface area contributed by atoms with Gasteiger partial charge in [0.2, 0.25) is 0 Å². The van der Waals surface area contributed by atoms with E-state index in [1.165, 1.54) is 25.7 Å². The van der Waals surface area contributed by atoms with Crippen LogP contribution in [-0.4, -0.2) is 30.3 Å². The minimum Gasteiger partial charge on any atom is -0.458 e. The first-order chi connectivity index (χ1) is 11.7. The van der Waals surface area contributed by atoms with Crippen LogP contribution in [-0.2, 0) is 19.9 Å². The Labute approximate surface area is 158 Å². The molecule has 3 rings (SSSR count). The zero-order chi connectivity index (χ0) is 18.1. The lowest BCUT2D eigenvalue weighted by Gasteiger charge is -2.32. The van der Waals surface area contributed by atoms with Gasteiger partial charge in [-0.3, -0.25) is 0 Å². The minimum absolute atomic E-state index is 0.0262. The molecular weight excluding hydrogens is 382 g/mol. The first kappa shape index (κ1) is 18.9. The van der Waals surface area contributed by atoms with Crippen molar-refractivity contribution in [1.29, 1.82) is 0 Å². The molecule has 1 aliphatic heterocycles. The molecule has 0 bridgehead atoms. The van der Waals surface area contributed by atoms with E-state index in [0.717, 1.165) is 23.0 Å². The van der Waals surface area contributed by atoms with Crippen molar-refractivity contribution in [3.63, 3.8) is 0 Å². The van der Waals surface area contributed by atoms with Crippen LogP contribution in [0.25, 0.3) is 0 Å². The van der Waals surface area contributed by atoms with Gasteiger partial charge in [-0.1, -0.05) is 40.9 Å². The molecular formula is C20H28BrNO3. The summed E-state index contributed by atoms with van der Waals surface area (Å²) in [6.07, 6.45) is 5.78. The molecule has 1 spiro atoms. The molecule has 1 atom stereocenters. The lowest BCUT2D eigenvalue weighted by Crippen LogP contribution is -2.36. The molecule has 0 radical (unpaired) electrons. The standard InChI is InChI=1S/C20H28BrNO3/c1-18(2,3)25-17(23)12-24-20(15-7-6-8-16(21)11-15)13-19(22-14-20)9-4-5-10-19/h6-8,11,22H,4-5,9-10,12-14H2,1-3H3. The van der Waals surface area contributed by atoms with Gasteiger partial charge in [-0.25, -0.2) is 4.79 Å². The van der Waals surface area contributed by atoms with Crippen LogP contribution in [0.4, 0.5) is 0 Å². The summed E-state index contributed by atoms with van der Waals surface area (Å²) in [4.78, 5) is 12.2. The third-order valence-electron chi connectivity index (χ3n) is 5.17. The maximum atomic E-state index is 12.2. The summed E-state index contributed by atoms with van der Waals surface area (Å²) in [5.41, 5.74) is 0.285. The van der Waals surface area contributed by atoms with Gasteiger partial charge < -0.3 is 14.8 Å². The fourth-order valence-electron chi connectivity index (χ4n) is 4.14. The van der Waals surface area contributed by atoms with E-state index in [0.29, 0.717) is 0 Å². The van der Waals surface area contributed by atoms with E-state index in [-0.39, 0.29) is 18.1 Å². The monoisotopic (exact) mass is 409 g/mol. The van der Waals surface area contributed by atoms with Crippen molar-refractivity contribution in [2.45, 2.75) is 69.6 Å².